The summed E-state index contributed by atoms with van der Waals surface area (Å²) in [5.74, 6) is 0.807. The number of halogens is 1. The molecule has 3 aromatic rings. The Balaban J connectivity index is 1.40. The van der Waals surface area contributed by atoms with Crippen molar-refractivity contribution in [2.75, 3.05) is 27.2 Å². The summed E-state index contributed by atoms with van der Waals surface area (Å²) in [5.41, 5.74) is 0.764. The molecule has 4 rings (SSSR count). The van der Waals surface area contributed by atoms with Crippen LogP contribution in [0.5, 0.6) is 5.75 Å². The molecule has 9 nitrogen and oxygen atoms in total. The minimum atomic E-state index is -3.71. The maximum Gasteiger partial charge on any atom is 0.246 e. The lowest BCUT2D eigenvalue weighted by molar-refractivity contribution is -0.136. The van der Waals surface area contributed by atoms with Crippen LogP contribution in [-0.4, -0.2) is 60.9 Å². The number of aromatic nitrogens is 2. The van der Waals surface area contributed by atoms with E-state index in [9.17, 15) is 13.2 Å². The molecule has 1 aliphatic rings. The van der Waals surface area contributed by atoms with Crippen LogP contribution in [0.15, 0.2) is 57.9 Å². The van der Waals surface area contributed by atoms with Gasteiger partial charge in [-0.15, -0.1) is 0 Å². The number of carbonyl (C=O) groups excluding carboxylic acids is 1. The van der Waals surface area contributed by atoms with E-state index in [0.29, 0.717) is 36.1 Å². The first-order valence-electron chi connectivity index (χ1n) is 10.8. The van der Waals surface area contributed by atoms with E-state index in [1.54, 1.807) is 38.4 Å². The third-order valence-corrected chi connectivity index (χ3v) is 7.88. The van der Waals surface area contributed by atoms with E-state index in [1.807, 2.05) is 12.1 Å². The second-order valence-electron chi connectivity index (χ2n) is 8.09. The molecule has 1 saturated heterocycles. The van der Waals surface area contributed by atoms with Crippen LogP contribution in [0.25, 0.3) is 11.4 Å². The van der Waals surface area contributed by atoms with Crippen LogP contribution in [0.3, 0.4) is 0 Å². The van der Waals surface area contributed by atoms with Crippen LogP contribution >= 0.6 is 11.6 Å². The molecule has 0 saturated carbocycles. The summed E-state index contributed by atoms with van der Waals surface area (Å²) in [6, 6.07) is 13.3. The van der Waals surface area contributed by atoms with Gasteiger partial charge >= 0.3 is 0 Å². The van der Waals surface area contributed by atoms with E-state index in [2.05, 4.69) is 10.1 Å². The average molecular weight is 505 g/mol. The average Bonchev–Trinajstić information content (AvgIpc) is 3.32. The van der Waals surface area contributed by atoms with Crippen molar-refractivity contribution < 1.29 is 22.5 Å². The third kappa shape index (κ3) is 5.24. The van der Waals surface area contributed by atoms with Gasteiger partial charge in [0.25, 0.3) is 0 Å². The summed E-state index contributed by atoms with van der Waals surface area (Å²) in [6.07, 6.45) is 1.20. The Morgan fingerprint density at radius 3 is 2.59 bits per heavy atom. The highest BCUT2D eigenvalue weighted by molar-refractivity contribution is 7.89. The van der Waals surface area contributed by atoms with Crippen molar-refractivity contribution in [3.8, 4) is 17.1 Å². The Morgan fingerprint density at radius 2 is 1.91 bits per heavy atom. The maximum absolute atomic E-state index is 13.1. The first-order chi connectivity index (χ1) is 16.3. The van der Waals surface area contributed by atoms with E-state index in [4.69, 9.17) is 20.9 Å². The lowest BCUT2D eigenvalue weighted by Gasteiger charge is -2.33. The Labute approximate surface area is 203 Å². The van der Waals surface area contributed by atoms with Crippen molar-refractivity contribution in [3.05, 3.63) is 59.4 Å². The van der Waals surface area contributed by atoms with Gasteiger partial charge < -0.3 is 14.2 Å². The number of methoxy groups -OCH3 is 1. The number of ether oxygens (including phenoxy) is 1. The van der Waals surface area contributed by atoms with Gasteiger partial charge in [-0.1, -0.05) is 16.8 Å². The van der Waals surface area contributed by atoms with Gasteiger partial charge in [0.1, 0.15) is 5.75 Å². The molecular weight excluding hydrogens is 480 g/mol. The zero-order valence-electron chi connectivity index (χ0n) is 18.8. The molecule has 180 valence electrons. The summed E-state index contributed by atoms with van der Waals surface area (Å²) in [5, 5.41) is 4.45. The summed E-state index contributed by atoms with van der Waals surface area (Å²) >= 11 is 5.88. The van der Waals surface area contributed by atoms with Crippen LogP contribution in [0.4, 0.5) is 0 Å². The first-order valence-corrected chi connectivity index (χ1v) is 12.6. The molecule has 0 N–H and O–H groups in total. The van der Waals surface area contributed by atoms with Gasteiger partial charge in [-0.05, 0) is 61.4 Å². The number of piperidine rings is 1. The van der Waals surface area contributed by atoms with Gasteiger partial charge in [-0.25, -0.2) is 8.42 Å². The Bertz CT molecular complexity index is 1250. The number of sulfonamides is 1. The lowest BCUT2D eigenvalue weighted by atomic mass is 9.98. The van der Waals surface area contributed by atoms with Crippen molar-refractivity contribution in [1.82, 2.24) is 19.3 Å². The summed E-state index contributed by atoms with van der Waals surface area (Å²) in [6.45, 7) is 0.616. The Morgan fingerprint density at radius 1 is 1.21 bits per heavy atom. The largest absolute Gasteiger partial charge is 0.497 e. The second-order valence-corrected chi connectivity index (χ2v) is 10.5. The monoisotopic (exact) mass is 504 g/mol. The van der Waals surface area contributed by atoms with Crippen molar-refractivity contribution in [2.24, 2.45) is 5.92 Å². The SMILES string of the molecule is COc1ccc(-c2noc(CN(C)C(=O)C3CCCN(S(=O)(=O)c4ccc(Cl)cc4)C3)n2)cc1. The Kier molecular flexibility index (Phi) is 7.20. The Hall–Kier alpha value is -2.95. The standard InChI is InChI=1S/C23H25ClN4O5S/c1-27(15-21-25-22(26-33-21)16-5-9-19(32-2)10-6-16)23(29)17-4-3-13-28(14-17)34(30,31)20-11-7-18(24)8-12-20/h5-12,17H,3-4,13-15H2,1-2H3. The number of rotatable bonds is 7. The van der Waals surface area contributed by atoms with Gasteiger partial charge in [0.15, 0.2) is 0 Å². The van der Waals surface area contributed by atoms with Crippen LogP contribution in [-0.2, 0) is 21.4 Å². The number of hydrogen-bond acceptors (Lipinski definition) is 7. The first kappa shape index (κ1) is 24.2. The summed E-state index contributed by atoms with van der Waals surface area (Å²) in [7, 11) is -0.473. The minimum absolute atomic E-state index is 0.120. The zero-order valence-corrected chi connectivity index (χ0v) is 20.4. The number of carbonyl (C=O) groups is 1. The fourth-order valence-corrected chi connectivity index (χ4v) is 5.54. The molecule has 1 atom stereocenters. The molecule has 2 heterocycles. The van der Waals surface area contributed by atoms with Gasteiger partial charge in [-0.2, -0.15) is 9.29 Å². The van der Waals surface area contributed by atoms with Gasteiger partial charge in [0, 0.05) is 30.7 Å². The molecule has 1 aromatic heterocycles. The molecular formula is C23H25ClN4O5S. The molecule has 1 amide bonds. The summed E-state index contributed by atoms with van der Waals surface area (Å²) in [4.78, 5) is 19.1. The van der Waals surface area contributed by atoms with E-state index in [-0.39, 0.29) is 23.9 Å². The molecule has 11 heteroatoms. The van der Waals surface area contributed by atoms with Gasteiger partial charge in [0.2, 0.25) is 27.6 Å². The van der Waals surface area contributed by atoms with Crippen molar-refractivity contribution in [1.29, 1.82) is 0 Å². The lowest BCUT2D eigenvalue weighted by Crippen LogP contribution is -2.45. The van der Waals surface area contributed by atoms with Crippen LogP contribution in [0.1, 0.15) is 18.7 Å². The number of benzene rings is 2. The molecule has 0 radical (unpaired) electrons. The molecule has 2 aromatic carbocycles. The smallest absolute Gasteiger partial charge is 0.246 e. The molecule has 0 spiro atoms. The highest BCUT2D eigenvalue weighted by atomic mass is 35.5. The minimum Gasteiger partial charge on any atom is -0.497 e. The maximum atomic E-state index is 13.1. The normalized spacial score (nSPS) is 16.9. The van der Waals surface area contributed by atoms with E-state index in [0.717, 1.165) is 11.3 Å². The topological polar surface area (TPSA) is 106 Å². The molecule has 0 bridgehead atoms. The van der Waals surface area contributed by atoms with E-state index in [1.165, 1.54) is 21.3 Å². The number of hydrogen-bond donors (Lipinski definition) is 0. The van der Waals surface area contributed by atoms with Crippen LogP contribution < -0.4 is 4.74 Å². The van der Waals surface area contributed by atoms with Gasteiger partial charge in [0.05, 0.1) is 24.5 Å². The third-order valence-electron chi connectivity index (χ3n) is 5.75. The number of amides is 1. The quantitative estimate of drug-likeness (QED) is 0.485. The molecule has 34 heavy (non-hydrogen) atoms. The van der Waals surface area contributed by atoms with Gasteiger partial charge in [-0.3, -0.25) is 4.79 Å². The molecule has 1 fully saturated rings. The van der Waals surface area contributed by atoms with E-state index >= 15 is 0 Å². The number of nitrogens with zero attached hydrogens (tertiary/aromatic N) is 4. The molecule has 0 aliphatic carbocycles. The second kappa shape index (κ2) is 10.1. The zero-order chi connectivity index (χ0) is 24.3. The van der Waals surface area contributed by atoms with Crippen molar-refractivity contribution in [3.63, 3.8) is 0 Å². The fraction of sp³-hybridized carbons (Fsp3) is 0.348. The molecule has 1 aliphatic heterocycles. The van der Waals surface area contributed by atoms with Crippen LogP contribution in [0.2, 0.25) is 5.02 Å². The fourth-order valence-electron chi connectivity index (χ4n) is 3.89. The van der Waals surface area contributed by atoms with Crippen LogP contribution in [0, 0.1) is 5.92 Å². The van der Waals surface area contributed by atoms with Crippen molar-refractivity contribution >= 4 is 27.5 Å². The molecule has 1 unspecified atom stereocenters. The van der Waals surface area contributed by atoms with E-state index < -0.39 is 15.9 Å². The highest BCUT2D eigenvalue weighted by Crippen LogP contribution is 2.26. The highest BCUT2D eigenvalue weighted by Gasteiger charge is 2.34. The summed E-state index contributed by atoms with van der Waals surface area (Å²) < 4.78 is 37.9. The van der Waals surface area contributed by atoms with Crippen molar-refractivity contribution in [2.45, 2.75) is 24.3 Å². The predicted molar refractivity (Wildman–Crippen MR) is 126 cm³/mol. The predicted octanol–water partition coefficient (Wildman–Crippen LogP) is 3.46.